The number of para-hydroxylation sites is 1. The minimum atomic E-state index is -0.787. The predicted octanol–water partition coefficient (Wildman–Crippen LogP) is 1.82. The molecule has 1 heterocycles. The van der Waals surface area contributed by atoms with Gasteiger partial charge >= 0.3 is 5.97 Å². The highest BCUT2D eigenvalue weighted by Crippen LogP contribution is 2.16. The molecule has 0 atom stereocenters. The number of carboxylic acid groups (broad SMARTS) is 1. The smallest absolute Gasteiger partial charge is 0.305 e. The van der Waals surface area contributed by atoms with Crippen LogP contribution in [-0.2, 0) is 11.3 Å². The van der Waals surface area contributed by atoms with Crippen LogP contribution in [0.5, 0.6) is 0 Å². The topological polar surface area (TPSA) is 55.1 Å². The van der Waals surface area contributed by atoms with Crippen LogP contribution in [0.1, 0.15) is 12.0 Å². The lowest BCUT2D eigenvalue weighted by Gasteiger charge is -2.01. The molecule has 2 rings (SSSR count). The maximum atomic E-state index is 10.5. The van der Waals surface area contributed by atoms with Crippen LogP contribution in [0.4, 0.5) is 0 Å². The summed E-state index contributed by atoms with van der Waals surface area (Å²) in [5, 5.41) is 8.61. The number of nitrogens with zero attached hydrogens (tertiary/aromatic N) is 2. The highest BCUT2D eigenvalue weighted by Gasteiger charge is 2.05. The van der Waals surface area contributed by atoms with Crippen LogP contribution in [0.2, 0.25) is 0 Å². The van der Waals surface area contributed by atoms with E-state index < -0.39 is 5.97 Å². The number of imidazole rings is 1. The lowest BCUT2D eigenvalue weighted by molar-refractivity contribution is -0.137. The molecule has 0 saturated heterocycles. The van der Waals surface area contributed by atoms with Crippen LogP contribution >= 0.6 is 0 Å². The number of carboxylic acids is 1. The number of hydrogen-bond acceptors (Lipinski definition) is 2. The summed E-state index contributed by atoms with van der Waals surface area (Å²) in [4.78, 5) is 14.7. The van der Waals surface area contributed by atoms with Crippen molar-refractivity contribution in [3.8, 4) is 0 Å². The van der Waals surface area contributed by atoms with E-state index in [2.05, 4.69) is 4.98 Å². The zero-order valence-corrected chi connectivity index (χ0v) is 8.47. The van der Waals surface area contributed by atoms with Crippen molar-refractivity contribution >= 4 is 17.0 Å². The molecule has 78 valence electrons. The van der Waals surface area contributed by atoms with E-state index in [4.69, 9.17) is 5.11 Å². The SMILES string of the molecule is Cc1cccc2c1ncn2CCC(=O)O. The Kier molecular flexibility index (Phi) is 2.41. The summed E-state index contributed by atoms with van der Waals surface area (Å²) < 4.78 is 1.87. The average Bonchev–Trinajstić information content (AvgIpc) is 2.59. The van der Waals surface area contributed by atoms with Crippen LogP contribution in [0.3, 0.4) is 0 Å². The second kappa shape index (κ2) is 3.73. The Hall–Kier alpha value is -1.84. The van der Waals surface area contributed by atoms with Gasteiger partial charge in [-0.05, 0) is 18.6 Å². The van der Waals surface area contributed by atoms with Crippen LogP contribution in [0, 0.1) is 6.92 Å². The summed E-state index contributed by atoms with van der Waals surface area (Å²) in [6, 6.07) is 5.91. The molecule has 1 N–H and O–H groups in total. The van der Waals surface area contributed by atoms with Crippen molar-refractivity contribution in [2.75, 3.05) is 0 Å². The van der Waals surface area contributed by atoms with Crippen molar-refractivity contribution in [2.45, 2.75) is 19.9 Å². The van der Waals surface area contributed by atoms with Crippen molar-refractivity contribution in [3.63, 3.8) is 0 Å². The maximum Gasteiger partial charge on any atom is 0.305 e. The van der Waals surface area contributed by atoms with Gasteiger partial charge in [-0.15, -0.1) is 0 Å². The quantitative estimate of drug-likeness (QED) is 0.829. The van der Waals surface area contributed by atoms with Crippen molar-refractivity contribution in [2.24, 2.45) is 0 Å². The molecule has 1 aromatic carbocycles. The Balaban J connectivity index is 2.37. The Bertz CT molecular complexity index is 502. The highest BCUT2D eigenvalue weighted by molar-refractivity contribution is 5.78. The van der Waals surface area contributed by atoms with E-state index in [9.17, 15) is 4.79 Å². The largest absolute Gasteiger partial charge is 0.481 e. The monoisotopic (exact) mass is 204 g/mol. The van der Waals surface area contributed by atoms with Gasteiger partial charge in [0, 0.05) is 6.54 Å². The fourth-order valence-electron chi connectivity index (χ4n) is 1.63. The number of aryl methyl sites for hydroxylation is 2. The van der Waals surface area contributed by atoms with Crippen LogP contribution in [-0.4, -0.2) is 20.6 Å². The molecule has 2 aromatic rings. The number of rotatable bonds is 3. The van der Waals surface area contributed by atoms with E-state index in [1.54, 1.807) is 6.33 Å². The third-order valence-electron chi connectivity index (χ3n) is 2.42. The third-order valence-corrected chi connectivity index (χ3v) is 2.42. The van der Waals surface area contributed by atoms with Gasteiger partial charge in [0.25, 0.3) is 0 Å². The van der Waals surface area contributed by atoms with E-state index >= 15 is 0 Å². The van der Waals surface area contributed by atoms with Crippen molar-refractivity contribution in [1.82, 2.24) is 9.55 Å². The first-order valence-corrected chi connectivity index (χ1v) is 4.81. The lowest BCUT2D eigenvalue weighted by Crippen LogP contribution is -2.03. The molecule has 0 aliphatic carbocycles. The first-order valence-electron chi connectivity index (χ1n) is 4.81. The van der Waals surface area contributed by atoms with Crippen LogP contribution in [0.25, 0.3) is 11.0 Å². The van der Waals surface area contributed by atoms with Gasteiger partial charge in [-0.2, -0.15) is 0 Å². The van der Waals surface area contributed by atoms with Gasteiger partial charge in [0.05, 0.1) is 23.8 Å². The summed E-state index contributed by atoms with van der Waals surface area (Å²) in [5.74, 6) is -0.787. The minimum absolute atomic E-state index is 0.124. The Labute approximate surface area is 87.2 Å². The molecule has 1 aromatic heterocycles. The molecular formula is C11H12N2O2. The summed E-state index contributed by atoms with van der Waals surface area (Å²) >= 11 is 0. The molecule has 0 fully saturated rings. The van der Waals surface area contributed by atoms with Gasteiger partial charge in [0.1, 0.15) is 0 Å². The number of benzene rings is 1. The molecule has 0 aliphatic heterocycles. The second-order valence-corrected chi connectivity index (χ2v) is 3.52. The van der Waals surface area contributed by atoms with Gasteiger partial charge < -0.3 is 9.67 Å². The van der Waals surface area contributed by atoms with Gasteiger partial charge in [0.2, 0.25) is 0 Å². The lowest BCUT2D eigenvalue weighted by atomic mass is 10.2. The summed E-state index contributed by atoms with van der Waals surface area (Å²) in [5.41, 5.74) is 3.06. The van der Waals surface area contributed by atoms with Crippen molar-refractivity contribution < 1.29 is 9.90 Å². The average molecular weight is 204 g/mol. The molecule has 0 spiro atoms. The Morgan fingerprint density at radius 3 is 3.07 bits per heavy atom. The third kappa shape index (κ3) is 1.83. The van der Waals surface area contributed by atoms with Crippen LogP contribution in [0.15, 0.2) is 24.5 Å². The summed E-state index contributed by atoms with van der Waals surface area (Å²) in [6.07, 6.45) is 1.82. The van der Waals surface area contributed by atoms with Gasteiger partial charge in [-0.25, -0.2) is 4.98 Å². The fourth-order valence-corrected chi connectivity index (χ4v) is 1.63. The second-order valence-electron chi connectivity index (χ2n) is 3.52. The fraction of sp³-hybridized carbons (Fsp3) is 0.273. The number of aromatic nitrogens is 2. The van der Waals surface area contributed by atoms with E-state index in [-0.39, 0.29) is 6.42 Å². The molecule has 0 aliphatic rings. The molecule has 0 unspecified atom stereocenters. The van der Waals surface area contributed by atoms with Gasteiger partial charge in [-0.1, -0.05) is 12.1 Å². The molecule has 4 heteroatoms. The molecule has 15 heavy (non-hydrogen) atoms. The summed E-state index contributed by atoms with van der Waals surface area (Å²) in [7, 11) is 0. The summed E-state index contributed by atoms with van der Waals surface area (Å²) in [6.45, 7) is 2.46. The molecule has 0 bridgehead atoms. The number of fused-ring (bicyclic) bond motifs is 1. The first kappa shape index (κ1) is 9.71. The van der Waals surface area contributed by atoms with E-state index in [0.29, 0.717) is 6.54 Å². The molecule has 0 saturated carbocycles. The van der Waals surface area contributed by atoms with Crippen LogP contribution < -0.4 is 0 Å². The molecule has 4 nitrogen and oxygen atoms in total. The first-order chi connectivity index (χ1) is 7.18. The highest BCUT2D eigenvalue weighted by atomic mass is 16.4. The molecule has 0 amide bonds. The molecule has 0 radical (unpaired) electrons. The van der Waals surface area contributed by atoms with Crippen molar-refractivity contribution in [1.29, 1.82) is 0 Å². The van der Waals surface area contributed by atoms with E-state index in [0.717, 1.165) is 16.6 Å². The van der Waals surface area contributed by atoms with Gasteiger partial charge in [0.15, 0.2) is 0 Å². The number of aliphatic carboxylic acids is 1. The minimum Gasteiger partial charge on any atom is -0.481 e. The zero-order valence-electron chi connectivity index (χ0n) is 8.47. The maximum absolute atomic E-state index is 10.5. The Morgan fingerprint density at radius 1 is 1.53 bits per heavy atom. The number of hydrogen-bond donors (Lipinski definition) is 1. The van der Waals surface area contributed by atoms with E-state index in [1.165, 1.54) is 0 Å². The van der Waals surface area contributed by atoms with Crippen molar-refractivity contribution in [3.05, 3.63) is 30.1 Å². The van der Waals surface area contributed by atoms with Gasteiger partial charge in [-0.3, -0.25) is 4.79 Å². The Morgan fingerprint density at radius 2 is 2.33 bits per heavy atom. The normalized spacial score (nSPS) is 10.7. The standard InChI is InChI=1S/C11H12N2O2/c1-8-3-2-4-9-11(8)12-7-13(9)6-5-10(14)15/h2-4,7H,5-6H2,1H3,(H,14,15). The number of carbonyl (C=O) groups is 1. The molecular weight excluding hydrogens is 192 g/mol. The zero-order chi connectivity index (χ0) is 10.8. The van der Waals surface area contributed by atoms with E-state index in [1.807, 2.05) is 29.7 Å². The predicted molar refractivity (Wildman–Crippen MR) is 56.7 cm³/mol.